The third kappa shape index (κ3) is 1.64. The second-order valence-electron chi connectivity index (χ2n) is 3.16. The Kier molecular flexibility index (Phi) is 1.85. The predicted molar refractivity (Wildman–Crippen MR) is 52.5 cm³/mol. The summed E-state index contributed by atoms with van der Waals surface area (Å²) >= 11 is 5.96. The summed E-state index contributed by atoms with van der Waals surface area (Å²) in [5, 5.41) is 4.03. The number of nitrogen functional groups attached to an aromatic ring is 1. The van der Waals surface area contributed by atoms with E-state index in [0.717, 1.165) is 5.69 Å². The molecule has 0 radical (unpaired) electrons. The van der Waals surface area contributed by atoms with Crippen molar-refractivity contribution in [2.75, 3.05) is 11.1 Å². The number of anilines is 2. The Balaban J connectivity index is 2.18. The molecule has 3 N–H and O–H groups in total. The van der Waals surface area contributed by atoms with Gasteiger partial charge in [-0.2, -0.15) is 0 Å². The smallest absolute Gasteiger partial charge is 0.0658 e. The molecule has 2 rings (SSSR count). The van der Waals surface area contributed by atoms with Gasteiger partial charge in [0.05, 0.1) is 10.7 Å². The minimum absolute atomic E-state index is 0.631. The van der Waals surface area contributed by atoms with Crippen molar-refractivity contribution in [3.8, 4) is 0 Å². The third-order valence-corrected chi connectivity index (χ3v) is 2.24. The van der Waals surface area contributed by atoms with Gasteiger partial charge in [0.1, 0.15) is 0 Å². The molecule has 0 bridgehead atoms. The average molecular weight is 183 g/mol. The molecule has 0 unspecified atom stereocenters. The monoisotopic (exact) mass is 182 g/mol. The van der Waals surface area contributed by atoms with Gasteiger partial charge in [0.2, 0.25) is 0 Å². The number of hydrogen-bond acceptors (Lipinski definition) is 2. The van der Waals surface area contributed by atoms with Crippen molar-refractivity contribution in [1.29, 1.82) is 0 Å². The highest BCUT2D eigenvalue weighted by Gasteiger charge is 2.21. The highest BCUT2D eigenvalue weighted by atomic mass is 35.5. The van der Waals surface area contributed by atoms with Crippen LogP contribution in [-0.4, -0.2) is 6.04 Å². The van der Waals surface area contributed by atoms with Gasteiger partial charge in [-0.15, -0.1) is 0 Å². The molecule has 0 aromatic heterocycles. The number of nitrogens with two attached hydrogens (primary N) is 1. The van der Waals surface area contributed by atoms with E-state index in [0.29, 0.717) is 16.8 Å². The Morgan fingerprint density at radius 3 is 2.75 bits per heavy atom. The Bertz CT molecular complexity index is 295. The van der Waals surface area contributed by atoms with E-state index in [1.54, 1.807) is 6.07 Å². The zero-order valence-electron chi connectivity index (χ0n) is 6.68. The fraction of sp³-hybridized carbons (Fsp3) is 0.333. The van der Waals surface area contributed by atoms with E-state index < -0.39 is 0 Å². The van der Waals surface area contributed by atoms with Gasteiger partial charge in [0.15, 0.2) is 0 Å². The molecule has 1 saturated carbocycles. The molecule has 0 aliphatic heterocycles. The lowest BCUT2D eigenvalue weighted by atomic mass is 10.3. The van der Waals surface area contributed by atoms with E-state index in [1.807, 2.05) is 12.1 Å². The summed E-state index contributed by atoms with van der Waals surface area (Å²) in [6, 6.07) is 6.19. The lowest BCUT2D eigenvalue weighted by Crippen LogP contribution is -2.01. The van der Waals surface area contributed by atoms with Crippen LogP contribution in [0.3, 0.4) is 0 Å². The predicted octanol–water partition coefficient (Wildman–Crippen LogP) is 2.50. The molecule has 0 heterocycles. The van der Waals surface area contributed by atoms with E-state index in [9.17, 15) is 0 Å². The maximum Gasteiger partial charge on any atom is 0.0658 e. The molecule has 64 valence electrons. The first-order chi connectivity index (χ1) is 5.75. The van der Waals surface area contributed by atoms with Gasteiger partial charge in [0, 0.05) is 11.7 Å². The first kappa shape index (κ1) is 7.74. The van der Waals surface area contributed by atoms with Crippen molar-refractivity contribution in [1.82, 2.24) is 0 Å². The van der Waals surface area contributed by atoms with Crippen molar-refractivity contribution in [2.24, 2.45) is 0 Å². The minimum Gasteiger partial charge on any atom is -0.399 e. The molecule has 12 heavy (non-hydrogen) atoms. The van der Waals surface area contributed by atoms with Gasteiger partial charge in [-0.1, -0.05) is 11.6 Å². The Hall–Kier alpha value is -0.890. The number of rotatable bonds is 2. The quantitative estimate of drug-likeness (QED) is 0.690. The maximum absolute atomic E-state index is 5.96. The van der Waals surface area contributed by atoms with Crippen LogP contribution >= 0.6 is 11.6 Å². The number of halogens is 1. The average Bonchev–Trinajstić information content (AvgIpc) is 2.79. The molecular weight excluding hydrogens is 172 g/mol. The molecule has 1 aromatic carbocycles. The second-order valence-corrected chi connectivity index (χ2v) is 3.57. The molecule has 1 aromatic rings. The van der Waals surface area contributed by atoms with Gasteiger partial charge in [-0.05, 0) is 31.0 Å². The summed E-state index contributed by atoms with van der Waals surface area (Å²) in [7, 11) is 0. The number of benzene rings is 1. The highest BCUT2D eigenvalue weighted by Crippen LogP contribution is 2.30. The van der Waals surface area contributed by atoms with Crippen molar-refractivity contribution >= 4 is 23.0 Å². The van der Waals surface area contributed by atoms with Crippen molar-refractivity contribution < 1.29 is 0 Å². The molecule has 0 spiro atoms. The van der Waals surface area contributed by atoms with Gasteiger partial charge in [-0.25, -0.2) is 0 Å². The normalized spacial score (nSPS) is 16.1. The molecule has 0 saturated heterocycles. The van der Waals surface area contributed by atoms with Crippen LogP contribution in [0.15, 0.2) is 18.2 Å². The summed E-state index contributed by atoms with van der Waals surface area (Å²) in [5.74, 6) is 0. The number of hydrogen-bond donors (Lipinski definition) is 2. The Morgan fingerprint density at radius 2 is 2.17 bits per heavy atom. The summed E-state index contributed by atoms with van der Waals surface area (Å²) in [5.41, 5.74) is 7.27. The molecular formula is C9H11ClN2. The highest BCUT2D eigenvalue weighted by molar-refractivity contribution is 6.33. The van der Waals surface area contributed by atoms with Gasteiger partial charge in [0.25, 0.3) is 0 Å². The van der Waals surface area contributed by atoms with Crippen LogP contribution in [0.2, 0.25) is 5.02 Å². The summed E-state index contributed by atoms with van der Waals surface area (Å²) in [6.45, 7) is 0. The van der Waals surface area contributed by atoms with Crippen LogP contribution in [0.1, 0.15) is 12.8 Å². The van der Waals surface area contributed by atoms with E-state index in [1.165, 1.54) is 12.8 Å². The van der Waals surface area contributed by atoms with Crippen LogP contribution in [0.25, 0.3) is 0 Å². The molecule has 1 aliphatic rings. The van der Waals surface area contributed by atoms with Crippen molar-refractivity contribution in [3.05, 3.63) is 23.2 Å². The first-order valence-corrected chi connectivity index (χ1v) is 4.45. The van der Waals surface area contributed by atoms with E-state index >= 15 is 0 Å². The third-order valence-electron chi connectivity index (χ3n) is 1.93. The van der Waals surface area contributed by atoms with E-state index in [2.05, 4.69) is 5.32 Å². The van der Waals surface area contributed by atoms with Crippen LogP contribution in [0.4, 0.5) is 11.4 Å². The first-order valence-electron chi connectivity index (χ1n) is 4.07. The van der Waals surface area contributed by atoms with Crippen LogP contribution in [0, 0.1) is 0 Å². The lowest BCUT2D eigenvalue weighted by molar-refractivity contribution is 1.16. The fourth-order valence-corrected chi connectivity index (χ4v) is 1.34. The number of nitrogens with one attached hydrogen (secondary N) is 1. The van der Waals surface area contributed by atoms with Gasteiger partial charge >= 0.3 is 0 Å². The Labute approximate surface area is 76.7 Å². The standard InChI is InChI=1S/C9H11ClN2/c10-8-5-6(11)1-4-9(8)12-7-2-3-7/h1,4-5,7,12H,2-3,11H2. The largest absolute Gasteiger partial charge is 0.399 e. The summed E-state index contributed by atoms with van der Waals surface area (Å²) < 4.78 is 0. The zero-order chi connectivity index (χ0) is 8.55. The summed E-state index contributed by atoms with van der Waals surface area (Å²) in [4.78, 5) is 0. The van der Waals surface area contributed by atoms with Crippen molar-refractivity contribution in [3.63, 3.8) is 0 Å². The lowest BCUT2D eigenvalue weighted by Gasteiger charge is -2.06. The maximum atomic E-state index is 5.96. The second kappa shape index (κ2) is 2.87. The van der Waals surface area contributed by atoms with Crippen LogP contribution in [0.5, 0.6) is 0 Å². The fourth-order valence-electron chi connectivity index (χ4n) is 1.10. The molecule has 3 heteroatoms. The van der Waals surface area contributed by atoms with E-state index in [4.69, 9.17) is 17.3 Å². The Morgan fingerprint density at radius 1 is 1.42 bits per heavy atom. The molecule has 2 nitrogen and oxygen atoms in total. The molecule has 0 amide bonds. The van der Waals surface area contributed by atoms with Crippen molar-refractivity contribution in [2.45, 2.75) is 18.9 Å². The van der Waals surface area contributed by atoms with E-state index in [-0.39, 0.29) is 0 Å². The van der Waals surface area contributed by atoms with Gasteiger partial charge < -0.3 is 11.1 Å². The topological polar surface area (TPSA) is 38.0 Å². The minimum atomic E-state index is 0.631. The summed E-state index contributed by atoms with van der Waals surface area (Å²) in [6.07, 6.45) is 2.50. The van der Waals surface area contributed by atoms with Gasteiger partial charge in [-0.3, -0.25) is 0 Å². The van der Waals surface area contributed by atoms with Crippen LogP contribution < -0.4 is 11.1 Å². The SMILES string of the molecule is Nc1ccc(NC2CC2)c(Cl)c1. The zero-order valence-corrected chi connectivity index (χ0v) is 7.43. The molecule has 0 atom stereocenters. The van der Waals surface area contributed by atoms with Crippen LogP contribution in [-0.2, 0) is 0 Å². The molecule has 1 fully saturated rings. The molecule has 1 aliphatic carbocycles.